The zero-order chi connectivity index (χ0) is 20.5. The number of rotatable bonds is 2. The maximum absolute atomic E-state index is 14.9. The number of halogens is 2. The molecule has 1 aromatic carbocycles. The minimum atomic E-state index is -1.08. The van der Waals surface area contributed by atoms with Crippen molar-refractivity contribution in [1.82, 2.24) is 9.80 Å². The molecule has 1 amide bonds. The van der Waals surface area contributed by atoms with Crippen LogP contribution in [0, 0.1) is 5.82 Å². The molecule has 2 fully saturated rings. The summed E-state index contributed by atoms with van der Waals surface area (Å²) in [5, 5.41) is 0. The number of alkyl halides is 1. The number of nitrogens with two attached hydrogens (primary N) is 1. The van der Waals surface area contributed by atoms with Gasteiger partial charge >= 0.3 is 6.09 Å². The summed E-state index contributed by atoms with van der Waals surface area (Å²) in [5.74, 6) is -0.420. The number of carbonyl (C=O) groups excluding carboxylic acids is 1. The Hall–Kier alpha value is -2.09. The SMILES string of the molecule is CC(C)(C)OC(=O)N1CCN(C2CCN(c3ccc(N)cc3F)CC2F)CC1. The molecule has 0 bridgehead atoms. The fourth-order valence-corrected chi connectivity index (χ4v) is 3.86. The second-order valence-electron chi connectivity index (χ2n) is 8.53. The predicted molar refractivity (Wildman–Crippen MR) is 106 cm³/mol. The normalized spacial score (nSPS) is 24.3. The molecular weight excluding hydrogens is 366 g/mol. The van der Waals surface area contributed by atoms with E-state index in [2.05, 4.69) is 4.90 Å². The summed E-state index contributed by atoms with van der Waals surface area (Å²) in [4.78, 5) is 17.7. The van der Waals surface area contributed by atoms with Gasteiger partial charge in [0, 0.05) is 44.5 Å². The van der Waals surface area contributed by atoms with Gasteiger partial charge in [0.05, 0.1) is 12.2 Å². The first-order chi connectivity index (χ1) is 13.1. The van der Waals surface area contributed by atoms with E-state index in [1.54, 1.807) is 21.9 Å². The van der Waals surface area contributed by atoms with Crippen LogP contribution in [0.3, 0.4) is 0 Å². The van der Waals surface area contributed by atoms with E-state index in [1.807, 2.05) is 20.8 Å². The molecule has 2 N–H and O–H groups in total. The van der Waals surface area contributed by atoms with Crippen LogP contribution in [0.4, 0.5) is 25.0 Å². The number of carbonyl (C=O) groups is 1. The van der Waals surface area contributed by atoms with E-state index in [0.29, 0.717) is 50.5 Å². The molecule has 28 heavy (non-hydrogen) atoms. The number of anilines is 2. The van der Waals surface area contributed by atoms with Crippen LogP contribution in [0.25, 0.3) is 0 Å². The van der Waals surface area contributed by atoms with Gasteiger partial charge in [-0.15, -0.1) is 0 Å². The summed E-state index contributed by atoms with van der Waals surface area (Å²) in [5.41, 5.74) is 5.82. The first-order valence-electron chi connectivity index (χ1n) is 9.80. The van der Waals surface area contributed by atoms with Gasteiger partial charge in [-0.3, -0.25) is 4.90 Å². The zero-order valence-electron chi connectivity index (χ0n) is 16.8. The fourth-order valence-electron chi connectivity index (χ4n) is 3.86. The van der Waals surface area contributed by atoms with Crippen LogP contribution in [0.1, 0.15) is 27.2 Å². The lowest BCUT2D eigenvalue weighted by Gasteiger charge is -2.44. The van der Waals surface area contributed by atoms with E-state index < -0.39 is 17.6 Å². The Morgan fingerprint density at radius 2 is 1.86 bits per heavy atom. The lowest BCUT2D eigenvalue weighted by atomic mass is 9.99. The third-order valence-electron chi connectivity index (χ3n) is 5.25. The Morgan fingerprint density at radius 3 is 2.43 bits per heavy atom. The van der Waals surface area contributed by atoms with Crippen molar-refractivity contribution >= 4 is 17.5 Å². The fraction of sp³-hybridized carbons (Fsp3) is 0.650. The Labute approximate surface area is 165 Å². The highest BCUT2D eigenvalue weighted by atomic mass is 19.1. The Bertz CT molecular complexity index is 702. The topological polar surface area (TPSA) is 62.0 Å². The first kappa shape index (κ1) is 20.6. The average molecular weight is 396 g/mol. The smallest absolute Gasteiger partial charge is 0.410 e. The van der Waals surface area contributed by atoms with Gasteiger partial charge in [-0.05, 0) is 45.4 Å². The third kappa shape index (κ3) is 4.84. The molecule has 156 valence electrons. The summed E-state index contributed by atoms with van der Waals surface area (Å²) in [6, 6.07) is 4.30. The molecule has 0 saturated carbocycles. The van der Waals surface area contributed by atoms with Crippen LogP contribution in [0.15, 0.2) is 18.2 Å². The quantitative estimate of drug-likeness (QED) is 0.779. The van der Waals surface area contributed by atoms with E-state index in [1.165, 1.54) is 6.07 Å². The minimum Gasteiger partial charge on any atom is -0.444 e. The summed E-state index contributed by atoms with van der Waals surface area (Å²) in [7, 11) is 0. The van der Waals surface area contributed by atoms with Crippen LogP contribution >= 0.6 is 0 Å². The van der Waals surface area contributed by atoms with E-state index in [0.717, 1.165) is 0 Å². The van der Waals surface area contributed by atoms with E-state index in [4.69, 9.17) is 10.5 Å². The molecular formula is C20H30F2N4O2. The molecule has 1 aromatic rings. The summed E-state index contributed by atoms with van der Waals surface area (Å²) >= 11 is 0. The van der Waals surface area contributed by atoms with Crippen LogP contribution in [0.5, 0.6) is 0 Å². The van der Waals surface area contributed by atoms with Gasteiger partial charge in [-0.2, -0.15) is 0 Å². The summed E-state index contributed by atoms with van der Waals surface area (Å²) < 4.78 is 34.5. The molecule has 0 radical (unpaired) electrons. The van der Waals surface area contributed by atoms with E-state index in [9.17, 15) is 13.6 Å². The number of hydrogen-bond acceptors (Lipinski definition) is 5. The summed E-state index contributed by atoms with van der Waals surface area (Å²) in [6.07, 6.45) is -0.798. The second kappa shape index (κ2) is 8.11. The van der Waals surface area contributed by atoms with Gasteiger partial charge in [0.15, 0.2) is 0 Å². The highest BCUT2D eigenvalue weighted by molar-refractivity contribution is 5.68. The Morgan fingerprint density at radius 1 is 1.18 bits per heavy atom. The van der Waals surface area contributed by atoms with Gasteiger partial charge in [-0.25, -0.2) is 13.6 Å². The van der Waals surface area contributed by atoms with Gasteiger partial charge in [0.25, 0.3) is 0 Å². The van der Waals surface area contributed by atoms with Crippen molar-refractivity contribution in [3.05, 3.63) is 24.0 Å². The number of piperazine rings is 1. The highest BCUT2D eigenvalue weighted by Gasteiger charge is 2.36. The number of ether oxygens (including phenoxy) is 1. The first-order valence-corrected chi connectivity index (χ1v) is 9.80. The third-order valence-corrected chi connectivity index (χ3v) is 5.25. The zero-order valence-corrected chi connectivity index (χ0v) is 16.8. The van der Waals surface area contributed by atoms with Crippen LogP contribution in [0.2, 0.25) is 0 Å². The van der Waals surface area contributed by atoms with Crippen molar-refractivity contribution < 1.29 is 18.3 Å². The predicted octanol–water partition coefficient (Wildman–Crippen LogP) is 2.88. The summed E-state index contributed by atoms with van der Waals surface area (Å²) in [6.45, 7) is 8.52. The van der Waals surface area contributed by atoms with Crippen LogP contribution in [-0.2, 0) is 4.74 Å². The molecule has 0 aromatic heterocycles. The van der Waals surface area contributed by atoms with E-state index >= 15 is 0 Å². The van der Waals surface area contributed by atoms with Crippen molar-refractivity contribution in [3.8, 4) is 0 Å². The van der Waals surface area contributed by atoms with Gasteiger partial charge < -0.3 is 20.3 Å². The van der Waals surface area contributed by atoms with Crippen molar-refractivity contribution in [1.29, 1.82) is 0 Å². The molecule has 2 saturated heterocycles. The minimum absolute atomic E-state index is 0.151. The molecule has 2 heterocycles. The molecule has 0 aliphatic carbocycles. The number of nitrogen functional groups attached to an aromatic ring is 1. The lowest BCUT2D eigenvalue weighted by molar-refractivity contribution is 0.00248. The van der Waals surface area contributed by atoms with E-state index in [-0.39, 0.29) is 18.7 Å². The standard InChI is InChI=1S/C20H30F2N4O2/c1-20(2,3)28-19(27)25-10-8-24(9-11-25)18-6-7-26(13-16(18)22)17-5-4-14(23)12-15(17)21/h4-5,12,16,18H,6-11,13,23H2,1-3H3. The number of hydrogen-bond donors (Lipinski definition) is 1. The molecule has 2 aliphatic heterocycles. The second-order valence-corrected chi connectivity index (χ2v) is 8.53. The molecule has 2 aliphatic rings. The van der Waals surface area contributed by atoms with Crippen molar-refractivity contribution in [2.24, 2.45) is 0 Å². The number of piperidine rings is 1. The maximum Gasteiger partial charge on any atom is 0.410 e. The molecule has 8 heteroatoms. The highest BCUT2D eigenvalue weighted by Crippen LogP contribution is 2.28. The van der Waals surface area contributed by atoms with Gasteiger partial charge in [0.2, 0.25) is 0 Å². The largest absolute Gasteiger partial charge is 0.444 e. The molecule has 2 unspecified atom stereocenters. The lowest BCUT2D eigenvalue weighted by Crippen LogP contribution is -2.58. The molecule has 0 spiro atoms. The van der Waals surface area contributed by atoms with Crippen molar-refractivity contribution in [2.45, 2.75) is 45.0 Å². The number of benzene rings is 1. The number of amides is 1. The van der Waals surface area contributed by atoms with Gasteiger partial charge in [0.1, 0.15) is 17.6 Å². The molecule has 6 nitrogen and oxygen atoms in total. The van der Waals surface area contributed by atoms with Crippen molar-refractivity contribution in [3.63, 3.8) is 0 Å². The van der Waals surface area contributed by atoms with Crippen LogP contribution < -0.4 is 10.6 Å². The average Bonchev–Trinajstić information content (AvgIpc) is 2.60. The number of nitrogens with zero attached hydrogens (tertiary/aromatic N) is 3. The van der Waals surface area contributed by atoms with Crippen LogP contribution in [-0.4, -0.2) is 73.0 Å². The Kier molecular flexibility index (Phi) is 5.98. The Balaban J connectivity index is 1.54. The van der Waals surface area contributed by atoms with Gasteiger partial charge in [-0.1, -0.05) is 0 Å². The molecule has 3 rings (SSSR count). The monoisotopic (exact) mass is 396 g/mol. The molecule has 2 atom stereocenters. The maximum atomic E-state index is 14.9. The van der Waals surface area contributed by atoms with Crippen molar-refractivity contribution in [2.75, 3.05) is 49.9 Å².